The molecule has 0 aliphatic heterocycles. The van der Waals surface area contributed by atoms with Crippen molar-refractivity contribution in [2.24, 2.45) is 5.73 Å². The van der Waals surface area contributed by atoms with Crippen molar-refractivity contribution in [2.45, 2.75) is 0 Å². The molecule has 1 aromatic rings. The zero-order chi connectivity index (χ0) is 12.7. The van der Waals surface area contributed by atoms with E-state index >= 15 is 0 Å². The average molecular weight is 228 g/mol. The number of hydrogen-bond acceptors (Lipinski definition) is 3. The number of ether oxygens (including phenoxy) is 1. The second-order valence-corrected chi connectivity index (χ2v) is 3.20. The minimum Gasteiger partial charge on any atom is -0.497 e. The van der Waals surface area contributed by atoms with E-state index in [0.29, 0.717) is 5.76 Å². The molecule has 17 heavy (non-hydrogen) atoms. The maximum Gasteiger partial charge on any atom is 0.259 e. The maximum atomic E-state index is 10.9. The van der Waals surface area contributed by atoms with Gasteiger partial charge in [0.15, 0.2) is 0 Å². The van der Waals surface area contributed by atoms with E-state index in [9.17, 15) is 4.79 Å². The van der Waals surface area contributed by atoms with Crippen LogP contribution in [0.2, 0.25) is 0 Å². The largest absolute Gasteiger partial charge is 0.497 e. The number of amides is 1. The van der Waals surface area contributed by atoms with Gasteiger partial charge in [-0.3, -0.25) is 4.79 Å². The molecule has 1 rings (SSSR count). The molecule has 4 heteroatoms. The third kappa shape index (κ3) is 3.84. The van der Waals surface area contributed by atoms with Gasteiger partial charge in [0.05, 0.1) is 7.11 Å². The van der Waals surface area contributed by atoms with Gasteiger partial charge >= 0.3 is 0 Å². The molecule has 0 aliphatic carbocycles. The van der Waals surface area contributed by atoms with Crippen LogP contribution in [0, 0.1) is 11.3 Å². The number of benzene rings is 1. The molecule has 0 bridgehead atoms. The van der Waals surface area contributed by atoms with Crippen molar-refractivity contribution >= 4 is 12.0 Å². The van der Waals surface area contributed by atoms with Gasteiger partial charge in [-0.05, 0) is 11.6 Å². The van der Waals surface area contributed by atoms with Gasteiger partial charge in [-0.1, -0.05) is 30.3 Å². The number of methoxy groups -OCH3 is 1. The molecule has 0 aliphatic rings. The van der Waals surface area contributed by atoms with E-state index in [4.69, 9.17) is 15.7 Å². The number of carbonyl (C=O) groups is 1. The molecule has 4 nitrogen and oxygen atoms in total. The molecule has 86 valence electrons. The van der Waals surface area contributed by atoms with Crippen LogP contribution in [0.4, 0.5) is 0 Å². The summed E-state index contributed by atoms with van der Waals surface area (Å²) in [7, 11) is 1.46. The molecule has 0 saturated carbocycles. The Hall–Kier alpha value is -2.54. The molecule has 0 atom stereocenters. The van der Waals surface area contributed by atoms with Gasteiger partial charge in [0.1, 0.15) is 17.4 Å². The summed E-state index contributed by atoms with van der Waals surface area (Å²) in [5, 5.41) is 8.71. The zero-order valence-electron chi connectivity index (χ0n) is 9.38. The van der Waals surface area contributed by atoms with Crippen molar-refractivity contribution in [3.8, 4) is 6.07 Å². The quantitative estimate of drug-likeness (QED) is 0.368. The monoisotopic (exact) mass is 228 g/mol. The Morgan fingerprint density at radius 1 is 1.41 bits per heavy atom. The highest BCUT2D eigenvalue weighted by molar-refractivity contribution is 5.96. The van der Waals surface area contributed by atoms with Crippen molar-refractivity contribution in [3.63, 3.8) is 0 Å². The summed E-state index contributed by atoms with van der Waals surface area (Å²) in [6.07, 6.45) is 3.02. The summed E-state index contributed by atoms with van der Waals surface area (Å²) < 4.78 is 5.06. The number of allylic oxidation sites excluding steroid dienone is 1. The molecule has 2 N–H and O–H groups in total. The zero-order valence-corrected chi connectivity index (χ0v) is 9.38. The molecule has 0 fully saturated rings. The molecule has 1 amide bonds. The van der Waals surface area contributed by atoms with Crippen LogP contribution in [0.15, 0.2) is 47.7 Å². The SMILES string of the molecule is CO/C(C=C(C#N)C(N)=O)=C\c1ccccc1. The third-order valence-corrected chi connectivity index (χ3v) is 2.02. The first kappa shape index (κ1) is 12.5. The van der Waals surface area contributed by atoms with E-state index < -0.39 is 5.91 Å². The number of nitrogens with zero attached hydrogens (tertiary/aromatic N) is 1. The van der Waals surface area contributed by atoms with E-state index in [1.807, 2.05) is 30.3 Å². The Labute approximate surface area is 99.6 Å². The average Bonchev–Trinajstić information content (AvgIpc) is 2.35. The number of rotatable bonds is 4. The van der Waals surface area contributed by atoms with Crippen LogP contribution in [-0.2, 0) is 9.53 Å². The second kappa shape index (κ2) is 6.13. The molecular weight excluding hydrogens is 216 g/mol. The van der Waals surface area contributed by atoms with E-state index in [0.717, 1.165) is 5.56 Å². The summed E-state index contributed by atoms with van der Waals surface area (Å²) in [6, 6.07) is 11.1. The smallest absolute Gasteiger partial charge is 0.259 e. The first-order valence-corrected chi connectivity index (χ1v) is 4.89. The Balaban J connectivity index is 3.05. The minimum atomic E-state index is -0.775. The first-order chi connectivity index (χ1) is 8.17. The number of hydrogen-bond donors (Lipinski definition) is 1. The predicted molar refractivity (Wildman–Crippen MR) is 64.3 cm³/mol. The lowest BCUT2D eigenvalue weighted by Crippen LogP contribution is -2.12. The second-order valence-electron chi connectivity index (χ2n) is 3.20. The highest BCUT2D eigenvalue weighted by atomic mass is 16.5. The molecule has 0 aromatic heterocycles. The van der Waals surface area contributed by atoms with Crippen molar-refractivity contribution in [3.05, 3.63) is 53.3 Å². The molecule has 0 heterocycles. The lowest BCUT2D eigenvalue weighted by Gasteiger charge is -2.01. The number of nitrogens with two attached hydrogens (primary N) is 1. The van der Waals surface area contributed by atoms with Crippen molar-refractivity contribution in [1.29, 1.82) is 5.26 Å². The molecule has 0 spiro atoms. The Kier molecular flexibility index (Phi) is 4.52. The van der Waals surface area contributed by atoms with Crippen LogP contribution in [-0.4, -0.2) is 13.0 Å². The van der Waals surface area contributed by atoms with Crippen LogP contribution >= 0.6 is 0 Å². The van der Waals surface area contributed by atoms with Crippen molar-refractivity contribution in [1.82, 2.24) is 0 Å². The summed E-state index contributed by atoms with van der Waals surface area (Å²) in [6.45, 7) is 0. The van der Waals surface area contributed by atoms with Gasteiger partial charge in [0.2, 0.25) is 0 Å². The lowest BCUT2D eigenvalue weighted by atomic mass is 10.1. The van der Waals surface area contributed by atoms with Gasteiger partial charge in [0, 0.05) is 6.08 Å². The van der Waals surface area contributed by atoms with Gasteiger partial charge in [-0.25, -0.2) is 0 Å². The minimum absolute atomic E-state index is 0.144. The van der Waals surface area contributed by atoms with Gasteiger partial charge in [0.25, 0.3) is 5.91 Å². The predicted octanol–water partition coefficient (Wildman–Crippen LogP) is 1.61. The van der Waals surface area contributed by atoms with Gasteiger partial charge < -0.3 is 10.5 Å². The van der Waals surface area contributed by atoms with Crippen molar-refractivity contribution < 1.29 is 9.53 Å². The molecular formula is C13H12N2O2. The van der Waals surface area contributed by atoms with Crippen molar-refractivity contribution in [2.75, 3.05) is 7.11 Å². The standard InChI is InChI=1S/C13H12N2O2/c1-17-12(8-11(9-14)13(15)16)7-10-5-3-2-4-6-10/h2-8H,1H3,(H2,15,16)/b11-8?,12-7-. The topological polar surface area (TPSA) is 76.1 Å². The van der Waals surface area contributed by atoms with Crippen LogP contribution in [0.25, 0.3) is 6.08 Å². The Morgan fingerprint density at radius 3 is 2.53 bits per heavy atom. The van der Waals surface area contributed by atoms with E-state index in [1.165, 1.54) is 13.2 Å². The summed E-state index contributed by atoms with van der Waals surface area (Å²) in [4.78, 5) is 10.9. The number of carbonyl (C=O) groups excluding carboxylic acids is 1. The molecule has 0 unspecified atom stereocenters. The lowest BCUT2D eigenvalue weighted by molar-refractivity contribution is -0.114. The Bertz CT molecular complexity index is 496. The Morgan fingerprint density at radius 2 is 2.06 bits per heavy atom. The van der Waals surface area contributed by atoms with Crippen LogP contribution in [0.3, 0.4) is 0 Å². The number of nitriles is 1. The molecule has 1 aromatic carbocycles. The van der Waals surface area contributed by atoms with Gasteiger partial charge in [-0.15, -0.1) is 0 Å². The third-order valence-electron chi connectivity index (χ3n) is 2.02. The highest BCUT2D eigenvalue weighted by Gasteiger charge is 2.04. The van der Waals surface area contributed by atoms with Gasteiger partial charge in [-0.2, -0.15) is 5.26 Å². The van der Waals surface area contributed by atoms with Crippen LogP contribution in [0.1, 0.15) is 5.56 Å². The number of primary amides is 1. The van der Waals surface area contributed by atoms with E-state index in [1.54, 1.807) is 12.1 Å². The molecule has 0 saturated heterocycles. The highest BCUT2D eigenvalue weighted by Crippen LogP contribution is 2.10. The summed E-state index contributed by atoms with van der Waals surface area (Å²) in [5.74, 6) is -0.380. The fraction of sp³-hybridized carbons (Fsp3) is 0.0769. The fourth-order valence-electron chi connectivity index (χ4n) is 1.17. The first-order valence-electron chi connectivity index (χ1n) is 4.89. The maximum absolute atomic E-state index is 10.9. The van der Waals surface area contributed by atoms with Crippen LogP contribution in [0.5, 0.6) is 0 Å². The summed E-state index contributed by atoms with van der Waals surface area (Å²) >= 11 is 0. The molecule has 0 radical (unpaired) electrons. The van der Waals surface area contributed by atoms with Crippen LogP contribution < -0.4 is 5.73 Å². The van der Waals surface area contributed by atoms with E-state index in [2.05, 4.69) is 0 Å². The van der Waals surface area contributed by atoms with E-state index in [-0.39, 0.29) is 5.57 Å². The fourth-order valence-corrected chi connectivity index (χ4v) is 1.17. The normalized spacial score (nSPS) is 11.8. The summed E-state index contributed by atoms with van der Waals surface area (Å²) in [5.41, 5.74) is 5.79.